The molecule has 6 nitrogen and oxygen atoms in total. The van der Waals surface area contributed by atoms with Gasteiger partial charge in [-0.25, -0.2) is 4.79 Å². The van der Waals surface area contributed by atoms with Gasteiger partial charge in [0.05, 0.1) is 11.6 Å². The summed E-state index contributed by atoms with van der Waals surface area (Å²) < 4.78 is 0. The van der Waals surface area contributed by atoms with E-state index in [0.717, 1.165) is 0 Å². The molecular formula is C13H16N4O2. The van der Waals surface area contributed by atoms with Crippen LogP contribution in [0.2, 0.25) is 0 Å². The van der Waals surface area contributed by atoms with E-state index in [9.17, 15) is 9.59 Å². The average molecular weight is 260 g/mol. The minimum absolute atomic E-state index is 0.201. The number of carbonyl (C=O) groups is 2. The highest BCUT2D eigenvalue weighted by atomic mass is 16.2. The van der Waals surface area contributed by atoms with E-state index < -0.39 is 0 Å². The first-order chi connectivity index (χ1) is 9.04. The Morgan fingerprint density at radius 1 is 1.16 bits per heavy atom. The van der Waals surface area contributed by atoms with Gasteiger partial charge in [-0.2, -0.15) is 5.26 Å². The van der Waals surface area contributed by atoms with Gasteiger partial charge >= 0.3 is 6.03 Å². The van der Waals surface area contributed by atoms with E-state index in [1.165, 1.54) is 4.90 Å². The number of benzene rings is 1. The van der Waals surface area contributed by atoms with Crippen molar-refractivity contribution in [3.8, 4) is 6.07 Å². The SMILES string of the molecule is CN(C)C(=O)NCCNC(=O)c1ccc(C#N)cc1. The quantitative estimate of drug-likeness (QED) is 0.776. The summed E-state index contributed by atoms with van der Waals surface area (Å²) in [7, 11) is 3.29. The van der Waals surface area contributed by atoms with Crippen molar-refractivity contribution in [1.29, 1.82) is 5.26 Å². The molecule has 0 aliphatic heterocycles. The highest BCUT2D eigenvalue weighted by Crippen LogP contribution is 2.02. The van der Waals surface area contributed by atoms with Crippen molar-refractivity contribution in [2.24, 2.45) is 0 Å². The molecule has 3 amide bonds. The smallest absolute Gasteiger partial charge is 0.316 e. The van der Waals surface area contributed by atoms with Crippen molar-refractivity contribution < 1.29 is 9.59 Å². The number of nitriles is 1. The Balaban J connectivity index is 2.35. The van der Waals surface area contributed by atoms with Crippen LogP contribution in [0.25, 0.3) is 0 Å². The van der Waals surface area contributed by atoms with Crippen LogP contribution < -0.4 is 10.6 Å². The monoisotopic (exact) mass is 260 g/mol. The zero-order valence-corrected chi connectivity index (χ0v) is 10.9. The van der Waals surface area contributed by atoms with Crippen LogP contribution in [0.15, 0.2) is 24.3 Å². The van der Waals surface area contributed by atoms with Crippen LogP contribution in [0.3, 0.4) is 0 Å². The molecule has 0 saturated carbocycles. The minimum atomic E-state index is -0.233. The molecular weight excluding hydrogens is 244 g/mol. The van der Waals surface area contributed by atoms with Crippen molar-refractivity contribution in [3.63, 3.8) is 0 Å². The standard InChI is InChI=1S/C13H16N4O2/c1-17(2)13(19)16-8-7-15-12(18)11-5-3-10(9-14)4-6-11/h3-6H,7-8H2,1-2H3,(H,15,18)(H,16,19). The van der Waals surface area contributed by atoms with Crippen molar-refractivity contribution in [2.45, 2.75) is 0 Å². The molecule has 0 bridgehead atoms. The highest BCUT2D eigenvalue weighted by molar-refractivity contribution is 5.94. The first-order valence-electron chi connectivity index (χ1n) is 5.78. The lowest BCUT2D eigenvalue weighted by molar-refractivity contribution is 0.0953. The minimum Gasteiger partial charge on any atom is -0.350 e. The fourth-order valence-electron chi connectivity index (χ4n) is 1.30. The van der Waals surface area contributed by atoms with Crippen LogP contribution in [0.4, 0.5) is 4.79 Å². The predicted octanol–water partition coefficient (Wildman–Crippen LogP) is 0.559. The van der Waals surface area contributed by atoms with Crippen LogP contribution in [-0.4, -0.2) is 44.0 Å². The molecule has 100 valence electrons. The van der Waals surface area contributed by atoms with Crippen LogP contribution in [-0.2, 0) is 0 Å². The van der Waals surface area contributed by atoms with Gasteiger partial charge in [-0.05, 0) is 24.3 Å². The van der Waals surface area contributed by atoms with Gasteiger partial charge < -0.3 is 15.5 Å². The van der Waals surface area contributed by atoms with Crippen LogP contribution in [0.5, 0.6) is 0 Å². The number of urea groups is 1. The molecule has 0 aliphatic carbocycles. The molecule has 2 N–H and O–H groups in total. The molecule has 0 aliphatic rings. The molecule has 0 heterocycles. The Labute approximate surface area is 112 Å². The van der Waals surface area contributed by atoms with Crippen molar-refractivity contribution in [2.75, 3.05) is 27.2 Å². The normalized spacial score (nSPS) is 9.32. The Morgan fingerprint density at radius 2 is 1.74 bits per heavy atom. The van der Waals surface area contributed by atoms with Crippen LogP contribution in [0, 0.1) is 11.3 Å². The topological polar surface area (TPSA) is 85.2 Å². The van der Waals surface area contributed by atoms with Gasteiger partial charge in [0, 0.05) is 32.7 Å². The lowest BCUT2D eigenvalue weighted by Gasteiger charge is -2.12. The van der Waals surface area contributed by atoms with E-state index in [1.54, 1.807) is 38.4 Å². The number of amides is 3. The molecule has 0 atom stereocenters. The largest absolute Gasteiger partial charge is 0.350 e. The number of nitrogens with one attached hydrogen (secondary N) is 2. The number of rotatable bonds is 4. The maximum atomic E-state index is 11.7. The lowest BCUT2D eigenvalue weighted by atomic mass is 10.1. The Morgan fingerprint density at radius 3 is 2.26 bits per heavy atom. The molecule has 6 heteroatoms. The van der Waals surface area contributed by atoms with E-state index in [2.05, 4.69) is 10.6 Å². The summed E-state index contributed by atoms with van der Waals surface area (Å²) in [4.78, 5) is 24.3. The Kier molecular flexibility index (Phi) is 5.35. The molecule has 0 radical (unpaired) electrons. The van der Waals surface area contributed by atoms with E-state index in [0.29, 0.717) is 24.2 Å². The summed E-state index contributed by atoms with van der Waals surface area (Å²) in [6.45, 7) is 0.706. The Hall–Kier alpha value is -2.55. The van der Waals surface area contributed by atoms with Gasteiger partial charge in [0.2, 0.25) is 0 Å². The molecule has 1 aromatic rings. The summed E-state index contributed by atoms with van der Waals surface area (Å²) in [5.74, 6) is -0.233. The number of nitrogens with zero attached hydrogens (tertiary/aromatic N) is 2. The average Bonchev–Trinajstić information content (AvgIpc) is 2.43. The zero-order chi connectivity index (χ0) is 14.3. The summed E-state index contributed by atoms with van der Waals surface area (Å²) in [6.07, 6.45) is 0. The summed E-state index contributed by atoms with van der Waals surface area (Å²) >= 11 is 0. The molecule has 0 aromatic heterocycles. The second-order valence-corrected chi connectivity index (χ2v) is 4.07. The second kappa shape index (κ2) is 7.01. The van der Waals surface area contributed by atoms with E-state index in [1.807, 2.05) is 6.07 Å². The Bertz CT molecular complexity index is 488. The number of carbonyl (C=O) groups excluding carboxylic acids is 2. The fraction of sp³-hybridized carbons (Fsp3) is 0.308. The maximum Gasteiger partial charge on any atom is 0.316 e. The second-order valence-electron chi connectivity index (χ2n) is 4.07. The molecule has 19 heavy (non-hydrogen) atoms. The van der Waals surface area contributed by atoms with Crippen LogP contribution in [0.1, 0.15) is 15.9 Å². The molecule has 0 spiro atoms. The fourth-order valence-corrected chi connectivity index (χ4v) is 1.30. The van der Waals surface area contributed by atoms with Gasteiger partial charge in [0.15, 0.2) is 0 Å². The van der Waals surface area contributed by atoms with E-state index in [4.69, 9.17) is 5.26 Å². The lowest BCUT2D eigenvalue weighted by Crippen LogP contribution is -2.39. The van der Waals surface area contributed by atoms with Gasteiger partial charge in [-0.1, -0.05) is 0 Å². The predicted molar refractivity (Wildman–Crippen MR) is 70.6 cm³/mol. The molecule has 1 aromatic carbocycles. The third-order valence-corrected chi connectivity index (χ3v) is 2.37. The summed E-state index contributed by atoms with van der Waals surface area (Å²) in [5, 5.41) is 14.0. The van der Waals surface area contributed by atoms with Crippen molar-refractivity contribution in [3.05, 3.63) is 35.4 Å². The van der Waals surface area contributed by atoms with Crippen LogP contribution >= 0.6 is 0 Å². The van der Waals surface area contributed by atoms with Gasteiger partial charge in [0.1, 0.15) is 0 Å². The first kappa shape index (κ1) is 14.5. The number of hydrogen-bond acceptors (Lipinski definition) is 3. The number of hydrogen-bond donors (Lipinski definition) is 2. The van der Waals surface area contributed by atoms with E-state index in [-0.39, 0.29) is 11.9 Å². The highest BCUT2D eigenvalue weighted by Gasteiger charge is 2.05. The molecule has 1 rings (SSSR count). The zero-order valence-electron chi connectivity index (χ0n) is 10.9. The molecule has 0 unspecified atom stereocenters. The van der Waals surface area contributed by atoms with Gasteiger partial charge in [-0.3, -0.25) is 4.79 Å². The van der Waals surface area contributed by atoms with Gasteiger partial charge in [-0.15, -0.1) is 0 Å². The molecule has 0 fully saturated rings. The molecule has 0 saturated heterocycles. The first-order valence-corrected chi connectivity index (χ1v) is 5.78. The third-order valence-electron chi connectivity index (χ3n) is 2.37. The maximum absolute atomic E-state index is 11.7. The summed E-state index contributed by atoms with van der Waals surface area (Å²) in [5.41, 5.74) is 0.993. The third kappa shape index (κ3) is 4.68. The van der Waals surface area contributed by atoms with Crippen molar-refractivity contribution in [1.82, 2.24) is 15.5 Å². The van der Waals surface area contributed by atoms with E-state index >= 15 is 0 Å². The van der Waals surface area contributed by atoms with Gasteiger partial charge in [0.25, 0.3) is 5.91 Å². The summed E-state index contributed by atoms with van der Waals surface area (Å²) in [6, 6.07) is 8.13. The van der Waals surface area contributed by atoms with Crippen molar-refractivity contribution >= 4 is 11.9 Å².